The van der Waals surface area contributed by atoms with E-state index >= 15 is 0 Å². The molecule has 3 saturated carbocycles. The molecule has 3 heteroatoms. The minimum Gasteiger partial charge on any atom is -0.326 e. The summed E-state index contributed by atoms with van der Waals surface area (Å²) in [6.07, 6.45) is 8.63. The van der Waals surface area contributed by atoms with Crippen molar-refractivity contribution in [3.63, 3.8) is 0 Å². The van der Waals surface area contributed by atoms with Crippen molar-refractivity contribution in [2.24, 2.45) is 23.2 Å². The molecule has 1 aromatic carbocycles. The van der Waals surface area contributed by atoms with Gasteiger partial charge in [-0.15, -0.1) is 11.8 Å². The van der Waals surface area contributed by atoms with E-state index in [0.717, 1.165) is 18.0 Å². The van der Waals surface area contributed by atoms with E-state index in [9.17, 15) is 4.79 Å². The van der Waals surface area contributed by atoms with Crippen LogP contribution >= 0.6 is 11.8 Å². The number of benzene rings is 1. The Labute approximate surface area is 124 Å². The highest BCUT2D eigenvalue weighted by Gasteiger charge is 2.65. The molecule has 0 aromatic heterocycles. The number of rotatable bonds is 3. The topological polar surface area (TPSA) is 29.1 Å². The normalized spacial score (nSPS) is 32.5. The van der Waals surface area contributed by atoms with Gasteiger partial charge < -0.3 is 5.32 Å². The summed E-state index contributed by atoms with van der Waals surface area (Å²) in [4.78, 5) is 13.8. The number of nitrogens with one attached hydrogen (secondary N) is 1. The highest BCUT2D eigenvalue weighted by molar-refractivity contribution is 7.98. The molecule has 0 aliphatic heterocycles. The van der Waals surface area contributed by atoms with E-state index in [1.54, 1.807) is 11.8 Å². The van der Waals surface area contributed by atoms with Gasteiger partial charge in [0.05, 0.1) is 0 Å². The van der Waals surface area contributed by atoms with Crippen LogP contribution < -0.4 is 5.32 Å². The Morgan fingerprint density at radius 3 is 2.60 bits per heavy atom. The van der Waals surface area contributed by atoms with E-state index in [2.05, 4.69) is 23.7 Å². The van der Waals surface area contributed by atoms with Crippen molar-refractivity contribution in [3.05, 3.63) is 24.3 Å². The van der Waals surface area contributed by atoms with Crippen LogP contribution in [-0.2, 0) is 4.79 Å². The number of carbonyl (C=O) groups excluding carboxylic acids is 1. The summed E-state index contributed by atoms with van der Waals surface area (Å²) in [6, 6.07) is 8.18. The summed E-state index contributed by atoms with van der Waals surface area (Å²) in [7, 11) is 0. The zero-order chi connectivity index (χ0) is 13.7. The molecule has 3 fully saturated rings. The van der Waals surface area contributed by atoms with E-state index in [1.165, 1.54) is 30.6 Å². The van der Waals surface area contributed by atoms with Crippen LogP contribution in [0, 0.1) is 23.2 Å². The summed E-state index contributed by atoms with van der Waals surface area (Å²) in [5.41, 5.74) is 1.55. The molecule has 106 valence electrons. The molecule has 2 bridgehead atoms. The zero-order valence-electron chi connectivity index (χ0n) is 11.9. The summed E-state index contributed by atoms with van der Waals surface area (Å²) < 4.78 is 0. The second-order valence-corrected chi connectivity index (χ2v) is 7.55. The van der Waals surface area contributed by atoms with Crippen molar-refractivity contribution in [2.45, 2.75) is 37.0 Å². The van der Waals surface area contributed by atoms with E-state index in [4.69, 9.17) is 0 Å². The minimum atomic E-state index is 0.264. The van der Waals surface area contributed by atoms with Gasteiger partial charge in [-0.3, -0.25) is 4.79 Å². The maximum atomic E-state index is 12.6. The molecule has 0 saturated heterocycles. The van der Waals surface area contributed by atoms with Gasteiger partial charge in [0.25, 0.3) is 0 Å². The zero-order valence-corrected chi connectivity index (χ0v) is 12.7. The van der Waals surface area contributed by atoms with Gasteiger partial charge in [0.15, 0.2) is 0 Å². The third-order valence-electron chi connectivity index (χ3n) is 5.92. The number of hydrogen-bond donors (Lipinski definition) is 1. The summed E-state index contributed by atoms with van der Waals surface area (Å²) >= 11 is 1.73. The molecule has 3 aliphatic carbocycles. The highest BCUT2D eigenvalue weighted by Crippen LogP contribution is 2.72. The molecular formula is C17H21NOS. The number of anilines is 1. The largest absolute Gasteiger partial charge is 0.326 e. The second-order valence-electron chi connectivity index (χ2n) is 6.67. The van der Waals surface area contributed by atoms with Crippen LogP contribution in [0.4, 0.5) is 5.69 Å². The van der Waals surface area contributed by atoms with Gasteiger partial charge in [0.2, 0.25) is 5.91 Å². The van der Waals surface area contributed by atoms with Gasteiger partial charge in [0, 0.05) is 16.5 Å². The standard InChI is InChI=1S/C17H21NOS/c1-20-13-5-3-12(4-6-13)18-16(19)14-10-11-2-7-15(14)17(11)8-9-17/h3-6,11,14-15H,2,7-10H2,1H3,(H,18,19). The first kappa shape index (κ1) is 12.8. The summed E-state index contributed by atoms with van der Waals surface area (Å²) in [6.45, 7) is 0. The van der Waals surface area contributed by atoms with E-state index in [1.807, 2.05) is 12.1 Å². The van der Waals surface area contributed by atoms with Crippen LogP contribution in [0.5, 0.6) is 0 Å². The summed E-state index contributed by atoms with van der Waals surface area (Å²) in [5, 5.41) is 3.14. The molecule has 3 aliphatic rings. The van der Waals surface area contributed by atoms with Gasteiger partial charge in [-0.25, -0.2) is 0 Å². The monoisotopic (exact) mass is 287 g/mol. The van der Waals surface area contributed by atoms with Crippen LogP contribution in [0.1, 0.15) is 32.1 Å². The van der Waals surface area contributed by atoms with Crippen LogP contribution in [-0.4, -0.2) is 12.2 Å². The lowest BCUT2D eigenvalue weighted by Crippen LogP contribution is -2.28. The molecule has 1 spiro atoms. The molecule has 0 heterocycles. The number of amides is 1. The average molecular weight is 287 g/mol. The number of hydrogen-bond acceptors (Lipinski definition) is 2. The van der Waals surface area contributed by atoms with Crippen LogP contribution in [0.25, 0.3) is 0 Å². The van der Waals surface area contributed by atoms with Gasteiger partial charge in [-0.05, 0) is 79.9 Å². The summed E-state index contributed by atoms with van der Waals surface area (Å²) in [5.74, 6) is 2.07. The first-order chi connectivity index (χ1) is 9.73. The van der Waals surface area contributed by atoms with Crippen molar-refractivity contribution < 1.29 is 4.79 Å². The van der Waals surface area contributed by atoms with Crippen molar-refractivity contribution in [1.29, 1.82) is 0 Å². The fraction of sp³-hybridized carbons (Fsp3) is 0.588. The second kappa shape index (κ2) is 4.52. The van der Waals surface area contributed by atoms with Crippen LogP contribution in [0.15, 0.2) is 29.2 Å². The van der Waals surface area contributed by atoms with E-state index in [-0.39, 0.29) is 11.8 Å². The molecule has 4 rings (SSSR count). The third kappa shape index (κ3) is 1.82. The Bertz CT molecular complexity index is 534. The van der Waals surface area contributed by atoms with Gasteiger partial charge in [-0.2, -0.15) is 0 Å². The molecule has 20 heavy (non-hydrogen) atoms. The average Bonchev–Trinajstić information content (AvgIpc) is 3.14. The lowest BCUT2D eigenvalue weighted by Gasteiger charge is -2.21. The fourth-order valence-corrected chi connectivity index (χ4v) is 5.21. The highest BCUT2D eigenvalue weighted by atomic mass is 32.2. The Kier molecular flexibility index (Phi) is 2.88. The maximum Gasteiger partial charge on any atom is 0.227 e. The van der Waals surface area contributed by atoms with Crippen molar-refractivity contribution >= 4 is 23.4 Å². The third-order valence-corrected chi connectivity index (χ3v) is 6.67. The van der Waals surface area contributed by atoms with Gasteiger partial charge >= 0.3 is 0 Å². The quantitative estimate of drug-likeness (QED) is 0.845. The van der Waals surface area contributed by atoms with Crippen LogP contribution in [0.3, 0.4) is 0 Å². The lowest BCUT2D eigenvalue weighted by molar-refractivity contribution is -0.121. The molecule has 0 radical (unpaired) electrons. The van der Waals surface area contributed by atoms with Crippen molar-refractivity contribution in [2.75, 3.05) is 11.6 Å². The van der Waals surface area contributed by atoms with Crippen molar-refractivity contribution in [1.82, 2.24) is 0 Å². The van der Waals surface area contributed by atoms with Gasteiger partial charge in [0.1, 0.15) is 0 Å². The van der Waals surface area contributed by atoms with E-state index < -0.39 is 0 Å². The van der Waals surface area contributed by atoms with E-state index in [0.29, 0.717) is 11.3 Å². The smallest absolute Gasteiger partial charge is 0.227 e. The predicted molar refractivity (Wildman–Crippen MR) is 82.8 cm³/mol. The lowest BCUT2D eigenvalue weighted by atomic mass is 9.86. The van der Waals surface area contributed by atoms with Crippen LogP contribution in [0.2, 0.25) is 0 Å². The Balaban J connectivity index is 1.46. The van der Waals surface area contributed by atoms with Crippen molar-refractivity contribution in [3.8, 4) is 0 Å². The molecule has 3 unspecified atom stereocenters. The Hall–Kier alpha value is -0.960. The molecule has 1 amide bonds. The maximum absolute atomic E-state index is 12.6. The Morgan fingerprint density at radius 2 is 2.00 bits per heavy atom. The number of thioether (sulfide) groups is 1. The van der Waals surface area contributed by atoms with Gasteiger partial charge in [-0.1, -0.05) is 0 Å². The minimum absolute atomic E-state index is 0.264. The first-order valence-electron chi connectivity index (χ1n) is 7.68. The Morgan fingerprint density at radius 1 is 1.25 bits per heavy atom. The first-order valence-corrected chi connectivity index (χ1v) is 8.90. The SMILES string of the molecule is CSc1ccc(NC(=O)C2CC3CCC2C32CC2)cc1. The molecule has 2 nitrogen and oxygen atoms in total. The number of carbonyl (C=O) groups is 1. The fourth-order valence-electron chi connectivity index (χ4n) is 4.81. The molecule has 3 atom stereocenters. The molecule has 1 aromatic rings. The predicted octanol–water partition coefficient (Wildman–Crippen LogP) is 4.17. The molecular weight excluding hydrogens is 266 g/mol. The molecule has 1 N–H and O–H groups in total.